The lowest BCUT2D eigenvalue weighted by Gasteiger charge is -2.15. The second-order valence-corrected chi connectivity index (χ2v) is 6.28. The highest BCUT2D eigenvalue weighted by atomic mass is 32.1. The van der Waals surface area contributed by atoms with E-state index in [4.69, 9.17) is 0 Å². The predicted octanol–water partition coefficient (Wildman–Crippen LogP) is 2.87. The largest absolute Gasteiger partial charge is 0.374 e. The molecule has 6 heteroatoms. The number of rotatable bonds is 7. The van der Waals surface area contributed by atoms with Gasteiger partial charge in [0, 0.05) is 29.7 Å². The maximum Gasteiger partial charge on any atom is 0.242 e. The lowest BCUT2D eigenvalue weighted by molar-refractivity contribution is -0.121. The molecular weight excluding hydrogens is 310 g/mol. The molecule has 1 unspecified atom stereocenters. The van der Waals surface area contributed by atoms with Crippen molar-refractivity contribution in [1.82, 2.24) is 5.32 Å². The number of carbonyl (C=O) groups excluding carboxylic acids is 2. The van der Waals surface area contributed by atoms with Gasteiger partial charge in [-0.15, -0.1) is 11.3 Å². The van der Waals surface area contributed by atoms with Crippen LogP contribution >= 0.6 is 11.3 Å². The first kappa shape index (κ1) is 17.0. The summed E-state index contributed by atoms with van der Waals surface area (Å²) in [6.45, 7) is 3.92. The van der Waals surface area contributed by atoms with Gasteiger partial charge in [0.05, 0.1) is 0 Å². The first-order chi connectivity index (χ1) is 11.0. The minimum absolute atomic E-state index is 0.0347. The standard InChI is InChI=1S/C17H21N3O2S/c1-12(17(22)18-10-9-16-4-3-11-23-16)19-14-5-7-15(8-6-14)20-13(2)21/h3-8,11-12,19H,9-10H2,1-2H3,(H,18,22)(H,20,21). The molecule has 0 spiro atoms. The van der Waals surface area contributed by atoms with Crippen LogP contribution in [0.25, 0.3) is 0 Å². The summed E-state index contributed by atoms with van der Waals surface area (Å²) in [6.07, 6.45) is 0.849. The monoisotopic (exact) mass is 331 g/mol. The molecule has 0 radical (unpaired) electrons. The lowest BCUT2D eigenvalue weighted by atomic mass is 10.2. The van der Waals surface area contributed by atoms with Crippen molar-refractivity contribution in [2.45, 2.75) is 26.3 Å². The van der Waals surface area contributed by atoms with Gasteiger partial charge in [-0.3, -0.25) is 9.59 Å². The number of hydrogen-bond acceptors (Lipinski definition) is 4. The normalized spacial score (nSPS) is 11.6. The van der Waals surface area contributed by atoms with Gasteiger partial charge in [-0.2, -0.15) is 0 Å². The van der Waals surface area contributed by atoms with Crippen LogP contribution in [0.2, 0.25) is 0 Å². The molecule has 2 rings (SSSR count). The summed E-state index contributed by atoms with van der Waals surface area (Å²) in [4.78, 5) is 24.3. The summed E-state index contributed by atoms with van der Waals surface area (Å²) < 4.78 is 0. The van der Waals surface area contributed by atoms with Crippen LogP contribution in [0.3, 0.4) is 0 Å². The van der Waals surface area contributed by atoms with E-state index < -0.39 is 0 Å². The van der Waals surface area contributed by atoms with E-state index in [0.717, 1.165) is 17.8 Å². The topological polar surface area (TPSA) is 70.2 Å². The molecular formula is C17H21N3O2S. The van der Waals surface area contributed by atoms with E-state index >= 15 is 0 Å². The van der Waals surface area contributed by atoms with Crippen molar-refractivity contribution < 1.29 is 9.59 Å². The molecule has 0 aliphatic carbocycles. The molecule has 3 N–H and O–H groups in total. The third-order valence-corrected chi connectivity index (χ3v) is 4.17. The zero-order valence-corrected chi connectivity index (χ0v) is 14.1. The predicted molar refractivity (Wildman–Crippen MR) is 94.9 cm³/mol. The van der Waals surface area contributed by atoms with Crippen LogP contribution < -0.4 is 16.0 Å². The highest BCUT2D eigenvalue weighted by Gasteiger charge is 2.12. The van der Waals surface area contributed by atoms with Crippen LogP contribution in [0.1, 0.15) is 18.7 Å². The Labute approximate surface area is 140 Å². The summed E-state index contributed by atoms with van der Waals surface area (Å²) in [5.41, 5.74) is 1.57. The van der Waals surface area contributed by atoms with E-state index in [1.54, 1.807) is 23.5 Å². The number of thiophene rings is 1. The molecule has 0 saturated carbocycles. The van der Waals surface area contributed by atoms with Gasteiger partial charge in [-0.05, 0) is 49.1 Å². The Balaban J connectivity index is 1.77. The number of benzene rings is 1. The summed E-state index contributed by atoms with van der Waals surface area (Å²) in [5, 5.41) is 10.8. The number of nitrogens with one attached hydrogen (secondary N) is 3. The maximum absolute atomic E-state index is 12.1. The zero-order valence-electron chi connectivity index (χ0n) is 13.3. The highest BCUT2D eigenvalue weighted by Crippen LogP contribution is 2.14. The number of anilines is 2. The zero-order chi connectivity index (χ0) is 16.7. The van der Waals surface area contributed by atoms with Crippen molar-refractivity contribution in [3.63, 3.8) is 0 Å². The van der Waals surface area contributed by atoms with Gasteiger partial charge < -0.3 is 16.0 Å². The highest BCUT2D eigenvalue weighted by molar-refractivity contribution is 7.09. The van der Waals surface area contributed by atoms with Crippen molar-refractivity contribution in [3.05, 3.63) is 46.7 Å². The number of amides is 2. The summed E-state index contributed by atoms with van der Waals surface area (Å²) >= 11 is 1.69. The summed E-state index contributed by atoms with van der Waals surface area (Å²) in [7, 11) is 0. The van der Waals surface area contributed by atoms with Gasteiger partial charge >= 0.3 is 0 Å². The van der Waals surface area contributed by atoms with Crippen molar-refractivity contribution >= 4 is 34.5 Å². The van der Waals surface area contributed by atoms with E-state index in [1.807, 2.05) is 30.5 Å². The average Bonchev–Trinajstić information content (AvgIpc) is 3.02. The third kappa shape index (κ3) is 5.75. The fourth-order valence-electron chi connectivity index (χ4n) is 2.09. The molecule has 2 amide bonds. The van der Waals surface area contributed by atoms with Crippen LogP contribution in [0.15, 0.2) is 41.8 Å². The molecule has 1 aromatic carbocycles. The quantitative estimate of drug-likeness (QED) is 0.730. The minimum atomic E-state index is -0.329. The molecule has 2 aromatic rings. The van der Waals surface area contributed by atoms with Crippen LogP contribution in [0.4, 0.5) is 11.4 Å². The fourth-order valence-corrected chi connectivity index (χ4v) is 2.79. The molecule has 1 heterocycles. The van der Waals surface area contributed by atoms with Crippen molar-refractivity contribution in [2.24, 2.45) is 0 Å². The molecule has 1 aromatic heterocycles. The van der Waals surface area contributed by atoms with E-state index in [2.05, 4.69) is 22.0 Å². The van der Waals surface area contributed by atoms with Gasteiger partial charge in [-0.25, -0.2) is 0 Å². The Morgan fingerprint density at radius 3 is 2.43 bits per heavy atom. The number of hydrogen-bond donors (Lipinski definition) is 3. The van der Waals surface area contributed by atoms with Gasteiger partial charge in [0.2, 0.25) is 11.8 Å². The van der Waals surface area contributed by atoms with Crippen LogP contribution in [-0.2, 0) is 16.0 Å². The first-order valence-corrected chi connectivity index (χ1v) is 8.37. The Morgan fingerprint density at radius 1 is 1.13 bits per heavy atom. The van der Waals surface area contributed by atoms with Crippen molar-refractivity contribution in [3.8, 4) is 0 Å². The molecule has 0 bridgehead atoms. The van der Waals surface area contributed by atoms with E-state index in [0.29, 0.717) is 6.54 Å². The van der Waals surface area contributed by atoms with Crippen molar-refractivity contribution in [2.75, 3.05) is 17.2 Å². The molecule has 122 valence electrons. The van der Waals surface area contributed by atoms with Gasteiger partial charge in [-0.1, -0.05) is 6.07 Å². The van der Waals surface area contributed by atoms with Crippen LogP contribution in [0.5, 0.6) is 0 Å². The SMILES string of the molecule is CC(=O)Nc1ccc(NC(C)C(=O)NCCc2cccs2)cc1. The van der Waals surface area contributed by atoms with Gasteiger partial charge in [0.1, 0.15) is 6.04 Å². The van der Waals surface area contributed by atoms with Crippen molar-refractivity contribution in [1.29, 1.82) is 0 Å². The molecule has 5 nitrogen and oxygen atoms in total. The third-order valence-electron chi connectivity index (χ3n) is 3.23. The lowest BCUT2D eigenvalue weighted by Crippen LogP contribution is -2.38. The van der Waals surface area contributed by atoms with Gasteiger partial charge in [0.25, 0.3) is 0 Å². The molecule has 0 aliphatic rings. The molecule has 0 aliphatic heterocycles. The molecule has 23 heavy (non-hydrogen) atoms. The maximum atomic E-state index is 12.1. The molecule has 0 saturated heterocycles. The molecule has 1 atom stereocenters. The Hall–Kier alpha value is -2.34. The Kier molecular flexibility index (Phi) is 6.17. The minimum Gasteiger partial charge on any atom is -0.374 e. The first-order valence-electron chi connectivity index (χ1n) is 7.49. The number of carbonyl (C=O) groups is 2. The van der Waals surface area contributed by atoms with E-state index in [-0.39, 0.29) is 17.9 Å². The van der Waals surface area contributed by atoms with E-state index in [9.17, 15) is 9.59 Å². The average molecular weight is 331 g/mol. The Bertz CT molecular complexity index is 638. The van der Waals surface area contributed by atoms with E-state index in [1.165, 1.54) is 11.8 Å². The Morgan fingerprint density at radius 2 is 1.83 bits per heavy atom. The van der Waals surface area contributed by atoms with Gasteiger partial charge in [0.15, 0.2) is 0 Å². The smallest absolute Gasteiger partial charge is 0.242 e. The summed E-state index contributed by atoms with van der Waals surface area (Å²) in [6, 6.07) is 11.0. The molecule has 0 fully saturated rings. The summed E-state index contributed by atoms with van der Waals surface area (Å²) in [5.74, 6) is -0.142. The second kappa shape index (κ2) is 8.33. The second-order valence-electron chi connectivity index (χ2n) is 5.24. The fraction of sp³-hybridized carbons (Fsp3) is 0.294. The van der Waals surface area contributed by atoms with Crippen LogP contribution in [-0.4, -0.2) is 24.4 Å². The van der Waals surface area contributed by atoms with Crippen LogP contribution in [0, 0.1) is 0 Å².